The average Bonchev–Trinajstić information content (AvgIpc) is 2.96. The first kappa shape index (κ1) is 15.3. The number of ether oxygens (including phenoxy) is 1. The van der Waals surface area contributed by atoms with E-state index in [2.05, 4.69) is 12.2 Å². The van der Waals surface area contributed by atoms with Gasteiger partial charge in [-0.15, -0.1) is 0 Å². The number of likely N-dealkylation sites (tertiary alicyclic amines) is 1. The maximum Gasteiger partial charge on any atom is 0.441 e. The molecule has 3 rings (SSSR count). The van der Waals surface area contributed by atoms with Crippen molar-refractivity contribution in [2.24, 2.45) is 5.92 Å². The standard InChI is InChI=1S/C16H19N3O4/c1-11-7-9-18(10-8-11)15(20)14-16(21)23-17-19(14)12-3-5-13(22-2)6-4-12/h3-6,11H,7-10H2,1-2H3/p+1. The fourth-order valence-electron chi connectivity index (χ4n) is 2.73. The highest BCUT2D eigenvalue weighted by Gasteiger charge is 2.35. The number of carbonyl (C=O) groups is 1. The van der Waals surface area contributed by atoms with Crippen molar-refractivity contribution in [3.05, 3.63) is 40.4 Å². The molecule has 0 bridgehead atoms. The van der Waals surface area contributed by atoms with Crippen LogP contribution in [0.4, 0.5) is 0 Å². The van der Waals surface area contributed by atoms with Crippen molar-refractivity contribution in [3.63, 3.8) is 0 Å². The molecule has 0 radical (unpaired) electrons. The van der Waals surface area contributed by atoms with E-state index in [0.29, 0.717) is 30.4 Å². The van der Waals surface area contributed by atoms with Crippen molar-refractivity contribution in [1.29, 1.82) is 0 Å². The van der Waals surface area contributed by atoms with Crippen LogP contribution in [0.5, 0.6) is 5.75 Å². The van der Waals surface area contributed by atoms with Gasteiger partial charge in [-0.2, -0.15) is 0 Å². The molecule has 1 aromatic carbocycles. The zero-order chi connectivity index (χ0) is 16.4. The van der Waals surface area contributed by atoms with E-state index in [1.807, 2.05) is 0 Å². The Morgan fingerprint density at radius 1 is 1.30 bits per heavy atom. The number of nitrogens with zero attached hydrogens (tertiary/aromatic N) is 2. The van der Waals surface area contributed by atoms with Crippen LogP contribution in [0.1, 0.15) is 30.3 Å². The molecule has 0 unspecified atom stereocenters. The van der Waals surface area contributed by atoms with Crippen LogP contribution in [-0.2, 0) is 0 Å². The summed E-state index contributed by atoms with van der Waals surface area (Å²) < 4.78 is 11.3. The first-order valence-corrected chi connectivity index (χ1v) is 7.67. The highest BCUT2D eigenvalue weighted by molar-refractivity contribution is 5.90. The molecule has 2 aromatic rings. The molecule has 1 aliphatic heterocycles. The van der Waals surface area contributed by atoms with Crippen LogP contribution in [-0.4, -0.2) is 36.3 Å². The third kappa shape index (κ3) is 2.99. The number of aromatic amines is 1. The highest BCUT2D eigenvalue weighted by Crippen LogP contribution is 2.17. The molecule has 1 amide bonds. The molecule has 0 aliphatic carbocycles. The number of hydrogen-bond acceptors (Lipinski definition) is 4. The van der Waals surface area contributed by atoms with Crippen molar-refractivity contribution in [2.75, 3.05) is 20.2 Å². The van der Waals surface area contributed by atoms with E-state index < -0.39 is 5.63 Å². The second-order valence-corrected chi connectivity index (χ2v) is 5.84. The number of rotatable bonds is 3. The number of nitrogens with one attached hydrogen (secondary N) is 1. The molecule has 1 aromatic heterocycles. The number of methoxy groups -OCH3 is 1. The Hall–Kier alpha value is -2.57. The Balaban J connectivity index is 1.92. The van der Waals surface area contributed by atoms with Gasteiger partial charge in [0.2, 0.25) is 5.69 Å². The molecule has 1 saturated heterocycles. The van der Waals surface area contributed by atoms with E-state index in [0.717, 1.165) is 12.8 Å². The maximum absolute atomic E-state index is 12.7. The lowest BCUT2D eigenvalue weighted by atomic mass is 9.99. The van der Waals surface area contributed by atoms with Crippen LogP contribution in [0, 0.1) is 5.92 Å². The molecule has 2 heterocycles. The molecule has 122 valence electrons. The number of piperidine rings is 1. The summed E-state index contributed by atoms with van der Waals surface area (Å²) in [6.07, 6.45) is 1.90. The summed E-state index contributed by atoms with van der Waals surface area (Å²) in [5.41, 5.74) is -0.0421. The van der Waals surface area contributed by atoms with Crippen LogP contribution in [0.25, 0.3) is 5.69 Å². The second-order valence-electron chi connectivity index (χ2n) is 5.84. The quantitative estimate of drug-likeness (QED) is 0.860. The molecule has 1 N–H and O–H groups in total. The monoisotopic (exact) mass is 318 g/mol. The minimum atomic E-state index is -0.663. The highest BCUT2D eigenvalue weighted by atomic mass is 16.5. The van der Waals surface area contributed by atoms with E-state index >= 15 is 0 Å². The molecule has 23 heavy (non-hydrogen) atoms. The van der Waals surface area contributed by atoms with Gasteiger partial charge in [-0.25, -0.2) is 4.79 Å². The lowest BCUT2D eigenvalue weighted by Gasteiger charge is -2.28. The summed E-state index contributed by atoms with van der Waals surface area (Å²) in [5.74, 6) is 0.996. The van der Waals surface area contributed by atoms with E-state index in [1.165, 1.54) is 4.68 Å². The predicted octanol–water partition coefficient (Wildman–Crippen LogP) is 1.13. The second kappa shape index (κ2) is 6.28. The number of benzene rings is 1. The first-order valence-electron chi connectivity index (χ1n) is 7.67. The van der Waals surface area contributed by atoms with Gasteiger partial charge in [-0.3, -0.25) is 9.32 Å². The van der Waals surface area contributed by atoms with Crippen LogP contribution in [0.15, 0.2) is 33.6 Å². The summed E-state index contributed by atoms with van der Waals surface area (Å²) in [6, 6.07) is 7.01. The maximum atomic E-state index is 12.7. The van der Waals surface area contributed by atoms with Gasteiger partial charge in [-0.1, -0.05) is 6.92 Å². The Morgan fingerprint density at radius 3 is 2.57 bits per heavy atom. The molecule has 0 saturated carbocycles. The number of hydrogen-bond donors (Lipinski definition) is 1. The Kier molecular flexibility index (Phi) is 4.18. The number of carbonyl (C=O) groups excluding carboxylic acids is 1. The van der Waals surface area contributed by atoms with E-state index in [1.54, 1.807) is 36.3 Å². The summed E-state index contributed by atoms with van der Waals surface area (Å²) in [6.45, 7) is 3.49. The Bertz CT molecular complexity index is 739. The van der Waals surface area contributed by atoms with E-state index in [9.17, 15) is 9.59 Å². The molecular weight excluding hydrogens is 298 g/mol. The van der Waals surface area contributed by atoms with Crippen molar-refractivity contribution in [1.82, 2.24) is 10.2 Å². The van der Waals surface area contributed by atoms with Gasteiger partial charge in [0, 0.05) is 25.2 Å². The zero-order valence-electron chi connectivity index (χ0n) is 13.2. The molecule has 0 atom stereocenters. The lowest BCUT2D eigenvalue weighted by Crippen LogP contribution is -2.48. The first-order chi connectivity index (χ1) is 11.1. The summed E-state index contributed by atoms with van der Waals surface area (Å²) in [4.78, 5) is 26.4. The molecule has 7 heteroatoms. The van der Waals surface area contributed by atoms with Crippen molar-refractivity contribution in [2.45, 2.75) is 19.8 Å². The van der Waals surface area contributed by atoms with E-state index in [-0.39, 0.29) is 11.6 Å². The third-order valence-electron chi connectivity index (χ3n) is 4.25. The molecule has 0 spiro atoms. The van der Waals surface area contributed by atoms with Crippen molar-refractivity contribution in [3.8, 4) is 11.4 Å². The minimum Gasteiger partial charge on any atom is -0.497 e. The van der Waals surface area contributed by atoms with Crippen LogP contribution < -0.4 is 15.0 Å². The predicted molar refractivity (Wildman–Crippen MR) is 81.7 cm³/mol. The van der Waals surface area contributed by atoms with Crippen molar-refractivity contribution < 1.29 is 18.7 Å². The van der Waals surface area contributed by atoms with Gasteiger partial charge in [0.25, 0.3) is 0 Å². The molecule has 1 fully saturated rings. The summed E-state index contributed by atoms with van der Waals surface area (Å²) in [5, 5.41) is 2.50. The summed E-state index contributed by atoms with van der Waals surface area (Å²) >= 11 is 0. The summed E-state index contributed by atoms with van der Waals surface area (Å²) in [7, 11) is 1.58. The van der Waals surface area contributed by atoms with Crippen LogP contribution in [0.2, 0.25) is 0 Å². The fourth-order valence-corrected chi connectivity index (χ4v) is 2.73. The Morgan fingerprint density at radius 2 is 1.96 bits per heavy atom. The van der Waals surface area contributed by atoms with Gasteiger partial charge in [0.05, 0.1) is 7.11 Å². The van der Waals surface area contributed by atoms with E-state index in [4.69, 9.17) is 9.26 Å². The zero-order valence-corrected chi connectivity index (χ0v) is 13.2. The SMILES string of the molecule is COc1ccc(-[n+]2[nH]oc(=O)c2C(=O)N2CCC(C)CC2)cc1. The Labute approximate surface area is 133 Å². The number of aromatic nitrogens is 2. The third-order valence-corrected chi connectivity index (χ3v) is 4.25. The minimum absolute atomic E-state index is 0.00952. The van der Waals surface area contributed by atoms with Gasteiger partial charge >= 0.3 is 17.2 Å². The van der Waals surface area contributed by atoms with Crippen LogP contribution in [0.3, 0.4) is 0 Å². The lowest BCUT2D eigenvalue weighted by molar-refractivity contribution is -0.672. The topological polar surface area (TPSA) is 79.4 Å². The number of H-pyrrole nitrogens is 1. The molecule has 7 nitrogen and oxygen atoms in total. The van der Waals surface area contributed by atoms with Gasteiger partial charge in [0.1, 0.15) is 5.75 Å². The average molecular weight is 318 g/mol. The normalized spacial score (nSPS) is 15.7. The van der Waals surface area contributed by atoms with Crippen LogP contribution >= 0.6 is 0 Å². The largest absolute Gasteiger partial charge is 0.497 e. The number of amides is 1. The van der Waals surface area contributed by atoms with Gasteiger partial charge in [0.15, 0.2) is 0 Å². The smallest absolute Gasteiger partial charge is 0.441 e. The van der Waals surface area contributed by atoms with Crippen molar-refractivity contribution >= 4 is 5.91 Å². The van der Waals surface area contributed by atoms with Gasteiger partial charge in [-0.05, 0) is 40.8 Å². The van der Waals surface area contributed by atoms with Gasteiger partial charge < -0.3 is 9.64 Å². The fraction of sp³-hybridized carbons (Fsp3) is 0.438. The molecule has 1 aliphatic rings. The molecular formula is C16H20N3O4+.